The fourth-order valence-corrected chi connectivity index (χ4v) is 4.44. The number of hydrogen-bond donors (Lipinski definition) is 2. The summed E-state index contributed by atoms with van der Waals surface area (Å²) in [4.78, 5) is 23.7. The Morgan fingerprint density at radius 1 is 1.27 bits per heavy atom. The van der Waals surface area contributed by atoms with Gasteiger partial charge < -0.3 is 16.0 Å². The highest BCUT2D eigenvalue weighted by Gasteiger charge is 2.21. The zero-order valence-corrected chi connectivity index (χ0v) is 17.0. The highest BCUT2D eigenvalue weighted by Crippen LogP contribution is 2.28. The molecule has 0 saturated carbocycles. The third-order valence-electron chi connectivity index (χ3n) is 5.18. The predicted octanol–water partition coefficient (Wildman–Crippen LogP) is 3.06. The van der Waals surface area contributed by atoms with Crippen LogP contribution < -0.4 is 16.0 Å². The van der Waals surface area contributed by atoms with Crippen LogP contribution in [0, 0.1) is 0 Å². The van der Waals surface area contributed by atoms with E-state index in [1.165, 1.54) is 11.3 Å². The lowest BCUT2D eigenvalue weighted by Crippen LogP contribution is -2.43. The Morgan fingerprint density at radius 3 is 3.03 bits per heavy atom. The van der Waals surface area contributed by atoms with Gasteiger partial charge in [-0.05, 0) is 25.0 Å². The molecule has 4 aromatic rings. The number of carbonyl (C=O) groups excluding carboxylic acids is 1. The summed E-state index contributed by atoms with van der Waals surface area (Å²) < 4.78 is 1.71. The molecule has 0 bridgehead atoms. The lowest BCUT2D eigenvalue weighted by atomic mass is 10.1. The summed E-state index contributed by atoms with van der Waals surface area (Å²) in [5.41, 5.74) is 8.96. The number of hydrogen-bond acceptors (Lipinski definition) is 7. The van der Waals surface area contributed by atoms with E-state index >= 15 is 0 Å². The molecular weight excluding hydrogens is 398 g/mol. The SMILES string of the molecule is N[C@@H]1CCCN(c2ccncc2NC(=O)c2csc(-n3cc4ccccc4n3)n2)C1. The molecule has 1 atom stereocenters. The average Bonchev–Trinajstić information content (AvgIpc) is 3.41. The first-order valence-electron chi connectivity index (χ1n) is 9.83. The quantitative estimate of drug-likeness (QED) is 0.527. The van der Waals surface area contributed by atoms with Gasteiger partial charge in [-0.15, -0.1) is 11.3 Å². The van der Waals surface area contributed by atoms with Crippen molar-refractivity contribution in [2.24, 2.45) is 5.73 Å². The number of piperidine rings is 1. The van der Waals surface area contributed by atoms with Gasteiger partial charge in [0.15, 0.2) is 0 Å². The van der Waals surface area contributed by atoms with Gasteiger partial charge >= 0.3 is 0 Å². The molecule has 3 aromatic heterocycles. The molecule has 152 valence electrons. The van der Waals surface area contributed by atoms with Gasteiger partial charge in [0.05, 0.1) is 23.1 Å². The molecule has 8 nitrogen and oxygen atoms in total. The molecule has 0 unspecified atom stereocenters. The number of nitrogens with zero attached hydrogens (tertiary/aromatic N) is 5. The third kappa shape index (κ3) is 3.64. The van der Waals surface area contributed by atoms with Crippen molar-refractivity contribution < 1.29 is 4.79 Å². The van der Waals surface area contributed by atoms with Crippen LogP contribution in [0.2, 0.25) is 0 Å². The number of benzene rings is 1. The van der Waals surface area contributed by atoms with Crippen LogP contribution in [0.5, 0.6) is 0 Å². The maximum absolute atomic E-state index is 12.9. The highest BCUT2D eigenvalue weighted by atomic mass is 32.1. The average molecular weight is 420 g/mol. The van der Waals surface area contributed by atoms with E-state index in [-0.39, 0.29) is 11.9 Å². The summed E-state index contributed by atoms with van der Waals surface area (Å²) in [6.07, 6.45) is 7.36. The van der Waals surface area contributed by atoms with Crippen molar-refractivity contribution in [3.05, 3.63) is 60.0 Å². The lowest BCUT2D eigenvalue weighted by Gasteiger charge is -2.33. The Bertz CT molecular complexity index is 1170. The van der Waals surface area contributed by atoms with Gasteiger partial charge in [0, 0.05) is 42.3 Å². The van der Waals surface area contributed by atoms with Crippen LogP contribution in [-0.4, -0.2) is 44.8 Å². The van der Waals surface area contributed by atoms with Gasteiger partial charge in [0.25, 0.3) is 5.91 Å². The predicted molar refractivity (Wildman–Crippen MR) is 118 cm³/mol. The van der Waals surface area contributed by atoms with E-state index < -0.39 is 0 Å². The molecule has 1 amide bonds. The number of aromatic nitrogens is 4. The van der Waals surface area contributed by atoms with Crippen LogP contribution in [0.15, 0.2) is 54.3 Å². The zero-order valence-electron chi connectivity index (χ0n) is 16.2. The van der Waals surface area contributed by atoms with E-state index in [9.17, 15) is 4.79 Å². The Balaban J connectivity index is 1.36. The first kappa shape index (κ1) is 18.7. The maximum atomic E-state index is 12.9. The van der Waals surface area contributed by atoms with Crippen molar-refractivity contribution in [2.45, 2.75) is 18.9 Å². The van der Waals surface area contributed by atoms with E-state index in [1.807, 2.05) is 36.5 Å². The van der Waals surface area contributed by atoms with Gasteiger partial charge in [-0.3, -0.25) is 9.78 Å². The number of pyridine rings is 1. The number of fused-ring (bicyclic) bond motifs is 1. The number of anilines is 2. The minimum Gasteiger partial charge on any atom is -0.368 e. The normalized spacial score (nSPS) is 16.7. The minimum absolute atomic E-state index is 0.140. The fraction of sp³-hybridized carbons (Fsp3) is 0.238. The molecule has 4 heterocycles. The Kier molecular flexibility index (Phi) is 4.89. The van der Waals surface area contributed by atoms with Crippen LogP contribution in [0.4, 0.5) is 11.4 Å². The molecular formula is C21H21N7OS. The molecule has 3 N–H and O–H groups in total. The molecule has 1 fully saturated rings. The number of nitrogens with one attached hydrogen (secondary N) is 1. The largest absolute Gasteiger partial charge is 0.368 e. The Labute approximate surface area is 177 Å². The van der Waals surface area contributed by atoms with Gasteiger partial charge in [0.2, 0.25) is 5.13 Å². The van der Waals surface area contributed by atoms with Crippen molar-refractivity contribution in [1.82, 2.24) is 19.7 Å². The van der Waals surface area contributed by atoms with Crippen molar-refractivity contribution >= 4 is 39.5 Å². The topological polar surface area (TPSA) is 102 Å². The van der Waals surface area contributed by atoms with E-state index in [1.54, 1.807) is 22.5 Å². The minimum atomic E-state index is -0.273. The fourth-order valence-electron chi connectivity index (χ4n) is 3.71. The van der Waals surface area contributed by atoms with E-state index in [0.29, 0.717) is 16.5 Å². The zero-order chi connectivity index (χ0) is 20.5. The summed E-state index contributed by atoms with van der Waals surface area (Å²) in [7, 11) is 0. The molecule has 0 spiro atoms. The highest BCUT2D eigenvalue weighted by molar-refractivity contribution is 7.12. The second-order valence-corrected chi connectivity index (χ2v) is 8.18. The van der Waals surface area contributed by atoms with Crippen LogP contribution in [0.25, 0.3) is 16.0 Å². The van der Waals surface area contributed by atoms with E-state index in [0.717, 1.165) is 42.5 Å². The Morgan fingerprint density at radius 2 is 2.17 bits per heavy atom. The second-order valence-electron chi connectivity index (χ2n) is 7.34. The molecule has 5 rings (SSSR count). The van der Waals surface area contributed by atoms with E-state index in [4.69, 9.17) is 5.73 Å². The summed E-state index contributed by atoms with van der Waals surface area (Å²) in [6, 6.07) is 9.91. The summed E-state index contributed by atoms with van der Waals surface area (Å²) in [5, 5.41) is 10.9. The van der Waals surface area contributed by atoms with Crippen molar-refractivity contribution in [2.75, 3.05) is 23.3 Å². The lowest BCUT2D eigenvalue weighted by molar-refractivity contribution is 0.102. The van der Waals surface area contributed by atoms with Crippen LogP contribution in [-0.2, 0) is 0 Å². The van der Waals surface area contributed by atoms with Gasteiger partial charge in [-0.1, -0.05) is 18.2 Å². The van der Waals surface area contributed by atoms with Gasteiger partial charge in [-0.25, -0.2) is 9.67 Å². The summed E-state index contributed by atoms with van der Waals surface area (Å²) >= 11 is 1.38. The summed E-state index contributed by atoms with van der Waals surface area (Å²) in [6.45, 7) is 1.68. The second kappa shape index (κ2) is 7.85. The molecule has 0 aliphatic carbocycles. The molecule has 0 radical (unpaired) electrons. The number of nitrogens with two attached hydrogens (primary N) is 1. The third-order valence-corrected chi connectivity index (χ3v) is 6.01. The number of thiazole rings is 1. The molecule has 1 aliphatic rings. The van der Waals surface area contributed by atoms with E-state index in [2.05, 4.69) is 25.3 Å². The van der Waals surface area contributed by atoms with Crippen LogP contribution in [0.1, 0.15) is 23.3 Å². The van der Waals surface area contributed by atoms with Crippen molar-refractivity contribution in [3.8, 4) is 5.13 Å². The monoisotopic (exact) mass is 419 g/mol. The van der Waals surface area contributed by atoms with Crippen LogP contribution >= 0.6 is 11.3 Å². The van der Waals surface area contributed by atoms with Gasteiger partial charge in [0.1, 0.15) is 5.69 Å². The van der Waals surface area contributed by atoms with Crippen molar-refractivity contribution in [3.63, 3.8) is 0 Å². The first-order chi connectivity index (χ1) is 14.7. The molecule has 1 aromatic carbocycles. The molecule has 9 heteroatoms. The molecule has 1 saturated heterocycles. The smallest absolute Gasteiger partial charge is 0.275 e. The van der Waals surface area contributed by atoms with Crippen LogP contribution in [0.3, 0.4) is 0 Å². The number of amides is 1. The first-order valence-corrected chi connectivity index (χ1v) is 10.7. The standard InChI is InChI=1S/C21H21N7OS/c22-15-5-3-9-27(12-15)19-7-8-23-10-17(19)24-20(29)18-13-30-21(25-18)28-11-14-4-1-2-6-16(14)26-28/h1-2,4,6-8,10-11,13,15H,3,5,9,12,22H2,(H,24,29)/t15-/m1/s1. The Hall–Kier alpha value is -3.30. The number of rotatable bonds is 4. The number of carbonyl (C=O) groups is 1. The molecule has 1 aliphatic heterocycles. The van der Waals surface area contributed by atoms with Crippen molar-refractivity contribution in [1.29, 1.82) is 0 Å². The van der Waals surface area contributed by atoms with Gasteiger partial charge in [-0.2, -0.15) is 5.10 Å². The summed E-state index contributed by atoms with van der Waals surface area (Å²) in [5.74, 6) is -0.273. The molecule has 30 heavy (non-hydrogen) atoms. The maximum Gasteiger partial charge on any atom is 0.275 e.